The molecule has 0 saturated carbocycles. The number of likely N-dealkylation sites (N-methyl/N-ethyl adjacent to an activating group) is 1. The van der Waals surface area contributed by atoms with Gasteiger partial charge in [0.25, 0.3) is 0 Å². The summed E-state index contributed by atoms with van der Waals surface area (Å²) in [7, 11) is 0.138. The summed E-state index contributed by atoms with van der Waals surface area (Å²) in [6, 6.07) is 7.84. The molecule has 160 valence electrons. The number of sulfonamides is 1. The molecule has 6 nitrogen and oxygen atoms in total. The molecule has 2 aromatic rings. The Bertz CT molecular complexity index is 866. The second-order valence-corrected chi connectivity index (χ2v) is 10.5. The summed E-state index contributed by atoms with van der Waals surface area (Å²) in [5, 5.41) is 6.99. The van der Waals surface area contributed by atoms with Gasteiger partial charge in [0.2, 0.25) is 15.9 Å². The lowest BCUT2D eigenvalue weighted by Gasteiger charge is -2.25. The van der Waals surface area contributed by atoms with Crippen molar-refractivity contribution in [1.29, 1.82) is 0 Å². The molecule has 2 atom stereocenters. The number of benzene rings is 1. The van der Waals surface area contributed by atoms with Crippen LogP contribution in [0.15, 0.2) is 46.0 Å². The quantitative estimate of drug-likeness (QED) is 0.545. The Morgan fingerprint density at radius 1 is 1.21 bits per heavy atom. The highest BCUT2D eigenvalue weighted by Gasteiger charge is 2.26. The fourth-order valence-electron chi connectivity index (χ4n) is 2.84. The summed E-state index contributed by atoms with van der Waals surface area (Å²) in [5.41, 5.74) is 2.10. The molecule has 1 aromatic heterocycles. The number of hydrogen-bond acceptors (Lipinski definition) is 6. The molecule has 0 aliphatic carbocycles. The van der Waals surface area contributed by atoms with E-state index < -0.39 is 16.1 Å². The van der Waals surface area contributed by atoms with Crippen LogP contribution in [0.25, 0.3) is 0 Å². The van der Waals surface area contributed by atoms with Crippen LogP contribution < -0.4 is 10.0 Å². The van der Waals surface area contributed by atoms with Crippen LogP contribution in [0.4, 0.5) is 0 Å². The molecule has 1 heterocycles. The van der Waals surface area contributed by atoms with Crippen LogP contribution >= 0.6 is 23.1 Å². The predicted octanol–water partition coefficient (Wildman–Crippen LogP) is 2.88. The molecule has 0 aliphatic heterocycles. The average molecular weight is 456 g/mol. The lowest BCUT2D eigenvalue weighted by atomic mass is 10.1. The number of hydrogen-bond donors (Lipinski definition) is 2. The van der Waals surface area contributed by atoms with E-state index >= 15 is 0 Å². The summed E-state index contributed by atoms with van der Waals surface area (Å²) >= 11 is 3.19. The molecular weight excluding hydrogens is 426 g/mol. The fourth-order valence-corrected chi connectivity index (χ4v) is 5.24. The summed E-state index contributed by atoms with van der Waals surface area (Å²) in [4.78, 5) is 15.0. The monoisotopic (exact) mass is 455 g/mol. The van der Waals surface area contributed by atoms with Crippen molar-refractivity contribution in [2.24, 2.45) is 0 Å². The molecular formula is C20H29N3O3S3. The highest BCUT2D eigenvalue weighted by molar-refractivity contribution is 7.98. The van der Waals surface area contributed by atoms with Gasteiger partial charge in [0.15, 0.2) is 0 Å². The Morgan fingerprint density at radius 3 is 2.45 bits per heavy atom. The van der Waals surface area contributed by atoms with Crippen LogP contribution in [0.1, 0.15) is 23.6 Å². The van der Waals surface area contributed by atoms with E-state index in [-0.39, 0.29) is 16.8 Å². The Balaban J connectivity index is 2.09. The van der Waals surface area contributed by atoms with Crippen LogP contribution in [0, 0.1) is 6.92 Å². The molecule has 0 bridgehead atoms. The summed E-state index contributed by atoms with van der Waals surface area (Å²) in [6.45, 7) is 2.30. The second kappa shape index (κ2) is 11.1. The standard InChI is InChI=1S/C20H29N3O3S3/c1-15-5-7-17(8-6-15)29(25,26)22-18(10-11-27-4)20(24)21-13-19(23(2)3)16-9-12-28-14-16/h5-9,12,14,18-19,22H,10-11,13H2,1-4H3,(H,21,24). The molecule has 1 aromatic carbocycles. The Kier molecular flexibility index (Phi) is 9.16. The molecule has 0 radical (unpaired) electrons. The lowest BCUT2D eigenvalue weighted by Crippen LogP contribution is -2.48. The maximum Gasteiger partial charge on any atom is 0.241 e. The first-order chi connectivity index (χ1) is 13.7. The minimum absolute atomic E-state index is 0.0279. The van der Waals surface area contributed by atoms with E-state index in [9.17, 15) is 13.2 Å². The number of thioether (sulfide) groups is 1. The van der Waals surface area contributed by atoms with E-state index in [1.54, 1.807) is 47.4 Å². The van der Waals surface area contributed by atoms with E-state index in [1.165, 1.54) is 0 Å². The number of nitrogens with zero attached hydrogens (tertiary/aromatic N) is 1. The molecule has 2 rings (SSSR count). The third kappa shape index (κ3) is 7.11. The summed E-state index contributed by atoms with van der Waals surface area (Å²) in [6.07, 6.45) is 2.35. The Labute approximate surface area is 182 Å². The van der Waals surface area contributed by atoms with Gasteiger partial charge in [-0.3, -0.25) is 4.79 Å². The van der Waals surface area contributed by atoms with Crippen LogP contribution in [0.5, 0.6) is 0 Å². The zero-order chi connectivity index (χ0) is 21.4. The van der Waals surface area contributed by atoms with Crippen LogP contribution in [0.2, 0.25) is 0 Å². The number of amides is 1. The predicted molar refractivity (Wildman–Crippen MR) is 122 cm³/mol. The highest BCUT2D eigenvalue weighted by atomic mass is 32.2. The molecule has 0 saturated heterocycles. The first kappa shape index (κ1) is 23.9. The van der Waals surface area contributed by atoms with E-state index in [4.69, 9.17) is 0 Å². The van der Waals surface area contributed by atoms with Crippen molar-refractivity contribution >= 4 is 39.0 Å². The SMILES string of the molecule is CSCCC(NS(=O)(=O)c1ccc(C)cc1)C(=O)NCC(c1ccsc1)N(C)C. The van der Waals surface area contributed by atoms with Crippen molar-refractivity contribution < 1.29 is 13.2 Å². The van der Waals surface area contributed by atoms with Crippen LogP contribution in [-0.4, -0.2) is 57.9 Å². The van der Waals surface area contributed by atoms with Crippen molar-refractivity contribution in [3.05, 3.63) is 52.2 Å². The van der Waals surface area contributed by atoms with Crippen LogP contribution in [0.3, 0.4) is 0 Å². The van der Waals surface area contributed by atoms with Gasteiger partial charge < -0.3 is 10.2 Å². The van der Waals surface area contributed by atoms with Crippen molar-refractivity contribution in [3.63, 3.8) is 0 Å². The molecule has 29 heavy (non-hydrogen) atoms. The van der Waals surface area contributed by atoms with Gasteiger partial charge in [-0.05, 0) is 74.0 Å². The zero-order valence-corrected chi connectivity index (χ0v) is 19.7. The van der Waals surface area contributed by atoms with Gasteiger partial charge in [-0.2, -0.15) is 27.8 Å². The van der Waals surface area contributed by atoms with Gasteiger partial charge >= 0.3 is 0 Å². The third-order valence-electron chi connectivity index (χ3n) is 4.58. The molecule has 0 spiro atoms. The summed E-state index contributed by atoms with van der Waals surface area (Å²) in [5.74, 6) is 0.368. The van der Waals surface area contributed by atoms with E-state index in [0.29, 0.717) is 18.7 Å². The van der Waals surface area contributed by atoms with Crippen molar-refractivity contribution in [1.82, 2.24) is 14.9 Å². The topological polar surface area (TPSA) is 78.5 Å². The number of rotatable bonds is 11. The number of carbonyl (C=O) groups is 1. The maximum atomic E-state index is 12.8. The maximum absolute atomic E-state index is 12.8. The van der Waals surface area contributed by atoms with E-state index in [1.807, 2.05) is 43.6 Å². The molecule has 0 aliphatic rings. The second-order valence-electron chi connectivity index (χ2n) is 7.05. The van der Waals surface area contributed by atoms with Gasteiger partial charge in [0.05, 0.1) is 10.9 Å². The summed E-state index contributed by atoms with van der Waals surface area (Å²) < 4.78 is 28.1. The third-order valence-corrected chi connectivity index (χ3v) is 7.41. The first-order valence-corrected chi connectivity index (χ1v) is 13.1. The smallest absolute Gasteiger partial charge is 0.241 e. The van der Waals surface area contributed by atoms with Crippen molar-refractivity contribution in [2.75, 3.05) is 32.6 Å². The molecule has 1 amide bonds. The normalized spacial score (nSPS) is 14.0. The lowest BCUT2D eigenvalue weighted by molar-refractivity contribution is -0.123. The van der Waals surface area contributed by atoms with Gasteiger partial charge in [-0.1, -0.05) is 17.7 Å². The largest absolute Gasteiger partial charge is 0.353 e. The average Bonchev–Trinajstić information content (AvgIpc) is 3.19. The Hall–Kier alpha value is -1.39. The van der Waals surface area contributed by atoms with E-state index in [0.717, 1.165) is 11.1 Å². The molecule has 2 unspecified atom stereocenters. The molecule has 2 N–H and O–H groups in total. The fraction of sp³-hybridized carbons (Fsp3) is 0.450. The molecule has 0 fully saturated rings. The highest BCUT2D eigenvalue weighted by Crippen LogP contribution is 2.20. The Morgan fingerprint density at radius 2 is 1.90 bits per heavy atom. The minimum atomic E-state index is -3.78. The molecule has 9 heteroatoms. The van der Waals surface area contributed by atoms with E-state index in [2.05, 4.69) is 15.4 Å². The number of nitrogens with one attached hydrogen (secondary N) is 2. The van der Waals surface area contributed by atoms with Gasteiger partial charge in [0, 0.05) is 6.54 Å². The van der Waals surface area contributed by atoms with Gasteiger partial charge in [-0.15, -0.1) is 0 Å². The van der Waals surface area contributed by atoms with Crippen molar-refractivity contribution in [3.8, 4) is 0 Å². The van der Waals surface area contributed by atoms with Gasteiger partial charge in [-0.25, -0.2) is 8.42 Å². The first-order valence-electron chi connectivity index (χ1n) is 9.28. The van der Waals surface area contributed by atoms with Crippen molar-refractivity contribution in [2.45, 2.75) is 30.3 Å². The van der Waals surface area contributed by atoms with Crippen LogP contribution in [-0.2, 0) is 14.8 Å². The number of carbonyl (C=O) groups excluding carboxylic acids is 1. The number of aryl methyl sites for hydroxylation is 1. The zero-order valence-electron chi connectivity index (χ0n) is 17.2. The van der Waals surface area contributed by atoms with Gasteiger partial charge in [0.1, 0.15) is 6.04 Å². The number of thiophene rings is 1. The minimum Gasteiger partial charge on any atom is -0.353 e.